The third kappa shape index (κ3) is 3.38. The molecule has 0 saturated heterocycles. The molecule has 102 valence electrons. The van der Waals surface area contributed by atoms with Crippen LogP contribution in [-0.2, 0) is 0 Å². The van der Waals surface area contributed by atoms with Gasteiger partial charge in [-0.25, -0.2) is 0 Å². The predicted molar refractivity (Wildman–Crippen MR) is 66.6 cm³/mol. The minimum Gasteiger partial charge on any atom is -0.365 e. The first-order valence-electron chi connectivity index (χ1n) is 5.10. The van der Waals surface area contributed by atoms with Crippen molar-refractivity contribution in [2.75, 3.05) is 27.7 Å². The minimum atomic E-state index is -4.59. The summed E-state index contributed by atoms with van der Waals surface area (Å²) in [5, 5.41) is -0.178. The van der Waals surface area contributed by atoms with Gasteiger partial charge in [-0.05, 0) is 11.4 Å². The quantitative estimate of drug-likeness (QED) is 0.315. The molecule has 0 saturated carbocycles. The van der Waals surface area contributed by atoms with Gasteiger partial charge in [0, 0.05) is 30.8 Å². The zero-order chi connectivity index (χ0) is 14.1. The first-order valence-corrected chi connectivity index (χ1v) is 5.86. The van der Waals surface area contributed by atoms with Gasteiger partial charge in [-0.2, -0.15) is 13.2 Å². The molecule has 0 unspecified atom stereocenters. The van der Waals surface area contributed by atoms with Crippen molar-refractivity contribution in [3.05, 3.63) is 10.7 Å². The summed E-state index contributed by atoms with van der Waals surface area (Å²) in [6, 6.07) is 0. The van der Waals surface area contributed by atoms with Gasteiger partial charge in [0.25, 0.3) is 5.71 Å². The molecular weight excluding hydrogens is 290 g/mol. The highest BCUT2D eigenvalue weighted by molar-refractivity contribution is 6.64. The van der Waals surface area contributed by atoms with E-state index in [0.29, 0.717) is 6.54 Å². The van der Waals surface area contributed by atoms with Crippen molar-refractivity contribution < 1.29 is 17.7 Å². The zero-order valence-corrected chi connectivity index (χ0v) is 11.7. The van der Waals surface area contributed by atoms with E-state index in [2.05, 4.69) is 4.99 Å². The van der Waals surface area contributed by atoms with Crippen LogP contribution in [0.3, 0.4) is 0 Å². The second-order valence-corrected chi connectivity index (χ2v) is 4.76. The van der Waals surface area contributed by atoms with Gasteiger partial charge in [-0.1, -0.05) is 11.6 Å². The summed E-state index contributed by atoms with van der Waals surface area (Å²) in [6.45, 7) is 0.433. The molecule has 0 aromatic heterocycles. The van der Waals surface area contributed by atoms with Gasteiger partial charge < -0.3 is 4.90 Å². The Balaban J connectivity index is 3.30. The maximum absolute atomic E-state index is 13.0. The number of amidine groups is 1. The van der Waals surface area contributed by atoms with E-state index in [1.54, 1.807) is 11.9 Å². The molecule has 0 spiro atoms. The first kappa shape index (κ1) is 15.3. The predicted octanol–water partition coefficient (Wildman–Crippen LogP) is 2.64. The van der Waals surface area contributed by atoms with Gasteiger partial charge >= 0.3 is 11.5 Å². The van der Waals surface area contributed by atoms with Crippen LogP contribution < -0.4 is 0 Å². The van der Waals surface area contributed by atoms with Crippen molar-refractivity contribution >= 4 is 34.2 Å². The van der Waals surface area contributed by atoms with Crippen LogP contribution in [0.1, 0.15) is 6.42 Å². The fourth-order valence-electron chi connectivity index (χ4n) is 1.42. The van der Waals surface area contributed by atoms with Gasteiger partial charge in [-0.3, -0.25) is 4.58 Å². The van der Waals surface area contributed by atoms with E-state index in [4.69, 9.17) is 23.2 Å². The smallest absolute Gasteiger partial charge is 0.365 e. The maximum atomic E-state index is 13.0. The Morgan fingerprint density at radius 1 is 1.39 bits per heavy atom. The largest absolute Gasteiger partial charge is 0.458 e. The van der Waals surface area contributed by atoms with E-state index in [9.17, 15) is 13.2 Å². The normalized spacial score (nSPS) is 17.6. The molecule has 0 aromatic rings. The minimum absolute atomic E-state index is 0.0216. The van der Waals surface area contributed by atoms with Gasteiger partial charge in [0.1, 0.15) is 5.16 Å². The number of aliphatic imine (C=N–C) groups is 1. The number of halogens is 5. The van der Waals surface area contributed by atoms with Crippen LogP contribution in [0.15, 0.2) is 15.7 Å². The first-order chi connectivity index (χ1) is 8.14. The highest BCUT2D eigenvalue weighted by atomic mass is 35.5. The lowest BCUT2D eigenvalue weighted by atomic mass is 10.1. The average Bonchev–Trinajstić information content (AvgIpc) is 2.54. The monoisotopic (exact) mass is 302 g/mol. The maximum Gasteiger partial charge on any atom is 0.458 e. The second-order valence-electron chi connectivity index (χ2n) is 4.06. The van der Waals surface area contributed by atoms with E-state index in [1.807, 2.05) is 0 Å². The van der Waals surface area contributed by atoms with Crippen LogP contribution in [0.2, 0.25) is 0 Å². The molecule has 0 radical (unpaired) electrons. The highest BCUT2D eigenvalue weighted by Gasteiger charge is 2.45. The number of rotatable bonds is 1. The summed E-state index contributed by atoms with van der Waals surface area (Å²) < 4.78 is 40.2. The standard InChI is InChI=1S/C10H13Cl2F3N3/c1-17(2)9(12)16-7(10(13,14)15)6-4-5-18(3)8(6)11/h4-5H2,1-3H3/q+1. The van der Waals surface area contributed by atoms with Crippen molar-refractivity contribution in [3.63, 3.8) is 0 Å². The molecule has 1 rings (SSSR count). The van der Waals surface area contributed by atoms with Crippen LogP contribution in [0.4, 0.5) is 13.2 Å². The Morgan fingerprint density at radius 2 is 1.94 bits per heavy atom. The molecule has 0 atom stereocenters. The number of alkyl halides is 3. The molecule has 1 heterocycles. The Kier molecular flexibility index (Phi) is 4.66. The highest BCUT2D eigenvalue weighted by Crippen LogP contribution is 2.32. The van der Waals surface area contributed by atoms with Crippen molar-refractivity contribution in [2.45, 2.75) is 12.6 Å². The molecule has 1 aliphatic heterocycles. The molecule has 3 nitrogen and oxygen atoms in total. The SMILES string of the molecule is CN1CCC(/C(=N/C(Cl)=[N+](C)C)C(F)(F)F)=C1Cl. The van der Waals surface area contributed by atoms with E-state index in [1.165, 1.54) is 18.7 Å². The molecule has 0 N–H and O–H groups in total. The van der Waals surface area contributed by atoms with Crippen LogP contribution in [0.5, 0.6) is 0 Å². The summed E-state index contributed by atoms with van der Waals surface area (Å²) in [7, 11) is 4.65. The lowest BCUT2D eigenvalue weighted by molar-refractivity contribution is -0.462. The summed E-state index contributed by atoms with van der Waals surface area (Å²) in [5.74, 6) is 0. The Bertz CT molecular complexity index is 434. The molecule has 1 aliphatic rings. The average molecular weight is 303 g/mol. The lowest BCUT2D eigenvalue weighted by Gasteiger charge is -2.09. The number of hydrogen-bond acceptors (Lipinski definition) is 1. The number of nitrogens with zero attached hydrogens (tertiary/aromatic N) is 3. The van der Waals surface area contributed by atoms with Crippen LogP contribution in [0.25, 0.3) is 0 Å². The molecule has 0 fully saturated rings. The van der Waals surface area contributed by atoms with Crippen molar-refractivity contribution in [2.24, 2.45) is 4.99 Å². The fourth-order valence-corrected chi connectivity index (χ4v) is 1.77. The topological polar surface area (TPSA) is 18.6 Å². The summed E-state index contributed by atoms with van der Waals surface area (Å²) in [4.78, 5) is 4.99. The van der Waals surface area contributed by atoms with E-state index in [-0.39, 0.29) is 22.4 Å². The molecule has 0 bridgehead atoms. The number of hydrogen-bond donors (Lipinski definition) is 0. The summed E-state index contributed by atoms with van der Waals surface area (Å²) in [6.07, 6.45) is -4.39. The van der Waals surface area contributed by atoms with Gasteiger partial charge in [0.2, 0.25) is 0 Å². The Hall–Kier alpha value is -0.750. The second kappa shape index (κ2) is 5.48. The Morgan fingerprint density at radius 3 is 2.28 bits per heavy atom. The fraction of sp³-hybridized carbons (Fsp3) is 0.600. The van der Waals surface area contributed by atoms with E-state index >= 15 is 0 Å². The summed E-state index contributed by atoms with van der Waals surface area (Å²) in [5.41, 5.74) is -1.05. The van der Waals surface area contributed by atoms with Crippen molar-refractivity contribution in [1.29, 1.82) is 0 Å². The molecule has 8 heteroatoms. The summed E-state index contributed by atoms with van der Waals surface area (Å²) >= 11 is 11.5. The molecular formula is C10H13Cl2F3N3+. The van der Waals surface area contributed by atoms with Crippen molar-refractivity contribution in [1.82, 2.24) is 4.90 Å². The van der Waals surface area contributed by atoms with E-state index in [0.717, 1.165) is 0 Å². The molecule has 18 heavy (non-hydrogen) atoms. The van der Waals surface area contributed by atoms with Crippen LogP contribution >= 0.6 is 23.2 Å². The van der Waals surface area contributed by atoms with Gasteiger partial charge in [0.15, 0.2) is 0 Å². The Labute approximate surface area is 113 Å². The molecule has 0 aliphatic carbocycles. The van der Waals surface area contributed by atoms with Crippen molar-refractivity contribution in [3.8, 4) is 0 Å². The molecule has 0 aromatic carbocycles. The third-order valence-corrected chi connectivity index (χ3v) is 3.35. The van der Waals surface area contributed by atoms with Crippen LogP contribution in [0, 0.1) is 0 Å². The third-order valence-electron chi connectivity index (χ3n) is 2.41. The van der Waals surface area contributed by atoms with Gasteiger partial charge in [-0.15, -0.1) is 0 Å². The zero-order valence-electron chi connectivity index (χ0n) is 10.1. The molecule has 0 amide bonds. The van der Waals surface area contributed by atoms with E-state index < -0.39 is 11.9 Å². The lowest BCUT2D eigenvalue weighted by Crippen LogP contribution is -2.26. The van der Waals surface area contributed by atoms with Crippen LogP contribution in [-0.4, -0.2) is 54.3 Å². The van der Waals surface area contributed by atoms with Gasteiger partial charge in [0.05, 0.1) is 14.1 Å².